The Balaban J connectivity index is 1.69. The first-order valence-electron chi connectivity index (χ1n) is 12.5. The molecule has 2 saturated heterocycles. The monoisotopic (exact) mass is 499 g/mol. The number of pyridine rings is 1. The van der Waals surface area contributed by atoms with E-state index in [0.29, 0.717) is 29.8 Å². The quantitative estimate of drug-likeness (QED) is 0.426. The molecule has 190 valence electrons. The molecule has 2 fully saturated rings. The van der Waals surface area contributed by atoms with Crippen LogP contribution in [-0.4, -0.2) is 38.5 Å². The van der Waals surface area contributed by atoms with E-state index in [2.05, 4.69) is 10.3 Å². The van der Waals surface area contributed by atoms with Gasteiger partial charge >= 0.3 is 5.97 Å². The fraction of sp³-hybridized carbons (Fsp3) is 0.310. The summed E-state index contributed by atoms with van der Waals surface area (Å²) in [6.07, 6.45) is 2.79. The lowest BCUT2D eigenvalue weighted by molar-refractivity contribution is -0.148. The number of carbonyl (C=O) groups is 3. The van der Waals surface area contributed by atoms with Crippen molar-refractivity contribution >= 4 is 23.5 Å². The van der Waals surface area contributed by atoms with Gasteiger partial charge in [-0.15, -0.1) is 0 Å². The molecule has 0 aliphatic carbocycles. The summed E-state index contributed by atoms with van der Waals surface area (Å²) < 4.78 is 0. The van der Waals surface area contributed by atoms with Crippen LogP contribution in [0.4, 0.5) is 5.69 Å². The average molecular weight is 500 g/mol. The lowest BCUT2D eigenvalue weighted by Gasteiger charge is -2.32. The fourth-order valence-electron chi connectivity index (χ4n) is 5.91. The third-order valence-corrected chi connectivity index (χ3v) is 7.65. The Morgan fingerprint density at radius 1 is 0.973 bits per heavy atom. The van der Waals surface area contributed by atoms with Gasteiger partial charge in [0.15, 0.2) is 0 Å². The second-order valence-electron chi connectivity index (χ2n) is 9.64. The lowest BCUT2D eigenvalue weighted by atomic mass is 9.76. The molecule has 3 heterocycles. The molecule has 3 aromatic rings. The molecule has 2 aliphatic heterocycles. The van der Waals surface area contributed by atoms with Crippen molar-refractivity contribution in [3.05, 3.63) is 89.2 Å². The van der Waals surface area contributed by atoms with E-state index in [1.54, 1.807) is 36.5 Å². The predicted molar refractivity (Wildman–Crippen MR) is 137 cm³/mol. The van der Waals surface area contributed by atoms with Crippen molar-refractivity contribution in [1.29, 1.82) is 0 Å². The van der Waals surface area contributed by atoms with E-state index in [9.17, 15) is 24.6 Å². The summed E-state index contributed by atoms with van der Waals surface area (Å²) in [4.78, 5) is 47.0. The highest BCUT2D eigenvalue weighted by molar-refractivity contribution is 6.25. The van der Waals surface area contributed by atoms with Crippen molar-refractivity contribution in [2.75, 3.05) is 4.90 Å². The third kappa shape index (κ3) is 3.88. The summed E-state index contributed by atoms with van der Waals surface area (Å²) >= 11 is 0. The number of imide groups is 1. The molecular weight excluding hydrogens is 470 g/mol. The molecule has 5 rings (SSSR count). The summed E-state index contributed by atoms with van der Waals surface area (Å²) in [6.45, 7) is 3.93. The van der Waals surface area contributed by atoms with Crippen LogP contribution in [0.15, 0.2) is 66.9 Å². The largest absolute Gasteiger partial charge is 0.508 e. The Bertz CT molecular complexity index is 1340. The maximum absolute atomic E-state index is 14.2. The summed E-state index contributed by atoms with van der Waals surface area (Å²) in [5, 5.41) is 23.5. The van der Waals surface area contributed by atoms with E-state index in [0.717, 1.165) is 11.1 Å². The molecular formula is C29H29N3O5. The molecule has 0 spiro atoms. The number of rotatable bonds is 7. The third-order valence-electron chi connectivity index (χ3n) is 7.65. The van der Waals surface area contributed by atoms with Crippen LogP contribution in [0.3, 0.4) is 0 Å². The van der Waals surface area contributed by atoms with Crippen LogP contribution in [0.25, 0.3) is 0 Å². The molecule has 1 aromatic heterocycles. The van der Waals surface area contributed by atoms with Crippen molar-refractivity contribution in [3.63, 3.8) is 0 Å². The van der Waals surface area contributed by atoms with Crippen molar-refractivity contribution in [2.24, 2.45) is 11.8 Å². The maximum atomic E-state index is 14.2. The van der Waals surface area contributed by atoms with E-state index in [-0.39, 0.29) is 12.2 Å². The Hall–Kier alpha value is -4.04. The molecule has 4 unspecified atom stereocenters. The lowest BCUT2D eigenvalue weighted by Crippen LogP contribution is -2.57. The number of carbonyl (C=O) groups excluding carboxylic acids is 2. The Kier molecular flexibility index (Phi) is 6.29. The molecule has 8 nitrogen and oxygen atoms in total. The number of carboxylic acid groups (broad SMARTS) is 1. The minimum absolute atomic E-state index is 0.0456. The number of phenols is 1. The SMILES string of the molecule is CCc1cccc(CC)c1N1C(=O)C2C(c3ccccn3)NC(Cc3ccc(O)cc3)(C(=O)O)C2C1=O. The van der Waals surface area contributed by atoms with Crippen molar-refractivity contribution in [1.82, 2.24) is 10.3 Å². The number of aliphatic carboxylic acids is 1. The molecule has 37 heavy (non-hydrogen) atoms. The molecule has 0 radical (unpaired) electrons. The summed E-state index contributed by atoms with van der Waals surface area (Å²) in [5.41, 5.74) is 1.67. The highest BCUT2D eigenvalue weighted by atomic mass is 16.4. The van der Waals surface area contributed by atoms with Gasteiger partial charge in [0.25, 0.3) is 0 Å². The van der Waals surface area contributed by atoms with Crippen molar-refractivity contribution in [3.8, 4) is 5.75 Å². The van der Waals surface area contributed by atoms with Gasteiger partial charge in [-0.2, -0.15) is 0 Å². The number of aryl methyl sites for hydroxylation is 2. The molecule has 2 amide bonds. The predicted octanol–water partition coefficient (Wildman–Crippen LogP) is 3.43. The number of aromatic hydroxyl groups is 1. The molecule has 2 aliphatic rings. The Morgan fingerprint density at radius 2 is 1.65 bits per heavy atom. The van der Waals surface area contributed by atoms with Gasteiger partial charge in [0.1, 0.15) is 11.3 Å². The minimum atomic E-state index is -1.75. The summed E-state index contributed by atoms with van der Waals surface area (Å²) in [7, 11) is 0. The number of hydrogen-bond acceptors (Lipinski definition) is 6. The van der Waals surface area contributed by atoms with Gasteiger partial charge in [0.2, 0.25) is 11.8 Å². The highest BCUT2D eigenvalue weighted by Gasteiger charge is 2.69. The number of phenolic OH excluding ortho intramolecular Hbond substituents is 1. The van der Waals surface area contributed by atoms with E-state index in [1.165, 1.54) is 17.0 Å². The first-order chi connectivity index (χ1) is 17.8. The van der Waals surface area contributed by atoms with Gasteiger partial charge < -0.3 is 10.2 Å². The number of anilines is 1. The number of nitrogens with one attached hydrogen (secondary N) is 1. The zero-order valence-electron chi connectivity index (χ0n) is 20.7. The smallest absolute Gasteiger partial charge is 0.325 e. The number of para-hydroxylation sites is 1. The molecule has 3 N–H and O–H groups in total. The van der Waals surface area contributed by atoms with Gasteiger partial charge in [-0.3, -0.25) is 24.7 Å². The topological polar surface area (TPSA) is 120 Å². The number of nitrogens with zero attached hydrogens (tertiary/aromatic N) is 2. The zero-order chi connectivity index (χ0) is 26.3. The first kappa shape index (κ1) is 24.6. The zero-order valence-corrected chi connectivity index (χ0v) is 20.7. The minimum Gasteiger partial charge on any atom is -0.508 e. The number of benzene rings is 2. The van der Waals surface area contributed by atoms with Gasteiger partial charge in [0.05, 0.1) is 29.3 Å². The molecule has 4 atom stereocenters. The van der Waals surface area contributed by atoms with E-state index < -0.39 is 41.2 Å². The van der Waals surface area contributed by atoms with Crippen LogP contribution in [0.1, 0.15) is 42.3 Å². The number of amides is 2. The van der Waals surface area contributed by atoms with Crippen LogP contribution in [0, 0.1) is 11.8 Å². The van der Waals surface area contributed by atoms with Crippen LogP contribution in [0.5, 0.6) is 5.75 Å². The second-order valence-corrected chi connectivity index (χ2v) is 9.64. The second kappa shape index (κ2) is 9.44. The van der Waals surface area contributed by atoms with Crippen LogP contribution >= 0.6 is 0 Å². The van der Waals surface area contributed by atoms with Gasteiger partial charge in [-0.1, -0.05) is 50.2 Å². The molecule has 2 aromatic carbocycles. The average Bonchev–Trinajstić information content (AvgIpc) is 3.39. The molecule has 8 heteroatoms. The Labute approximate surface area is 215 Å². The van der Waals surface area contributed by atoms with Gasteiger partial charge in [-0.25, -0.2) is 4.90 Å². The van der Waals surface area contributed by atoms with Gasteiger partial charge in [0, 0.05) is 12.6 Å². The Morgan fingerprint density at radius 3 is 2.22 bits per heavy atom. The van der Waals surface area contributed by atoms with E-state index in [4.69, 9.17) is 0 Å². The van der Waals surface area contributed by atoms with Crippen LogP contribution < -0.4 is 10.2 Å². The van der Waals surface area contributed by atoms with E-state index in [1.807, 2.05) is 32.0 Å². The fourth-order valence-corrected chi connectivity index (χ4v) is 5.91. The summed E-state index contributed by atoms with van der Waals surface area (Å²) in [6, 6.07) is 16.4. The van der Waals surface area contributed by atoms with Crippen LogP contribution in [-0.2, 0) is 33.6 Å². The molecule has 0 bridgehead atoms. The number of fused-ring (bicyclic) bond motifs is 1. The van der Waals surface area contributed by atoms with Gasteiger partial charge in [-0.05, 0) is 53.8 Å². The first-order valence-corrected chi connectivity index (χ1v) is 12.5. The van der Waals surface area contributed by atoms with Crippen LogP contribution in [0.2, 0.25) is 0 Å². The maximum Gasteiger partial charge on any atom is 0.325 e. The number of aromatic nitrogens is 1. The standard InChI is InChI=1S/C29H29N3O5/c1-3-18-8-7-9-19(4-2)25(18)32-26(34)22-23(27(32)35)29(28(36)37,16-17-11-13-20(33)14-12-17)31-24(22)21-10-5-6-15-30-21/h5-15,22-24,31,33H,3-4,16H2,1-2H3,(H,36,37). The normalized spacial score (nSPS) is 24.9. The van der Waals surface area contributed by atoms with Crippen molar-refractivity contribution < 1.29 is 24.6 Å². The summed E-state index contributed by atoms with van der Waals surface area (Å²) in [5.74, 6) is -4.17. The molecule has 0 saturated carbocycles. The number of carboxylic acids is 1. The van der Waals surface area contributed by atoms with Crippen molar-refractivity contribution in [2.45, 2.75) is 44.7 Å². The highest BCUT2D eigenvalue weighted by Crippen LogP contribution is 2.51. The number of hydrogen-bond donors (Lipinski definition) is 3. The van der Waals surface area contributed by atoms with E-state index >= 15 is 0 Å².